The van der Waals surface area contributed by atoms with Crippen LogP contribution < -0.4 is 16.4 Å². The first-order valence-electron chi connectivity index (χ1n) is 14.0. The number of nitrogens with one attached hydrogen (secondary N) is 2. The third kappa shape index (κ3) is 7.64. The number of fused-ring (bicyclic) bond motifs is 1. The van der Waals surface area contributed by atoms with E-state index in [0.717, 1.165) is 60.2 Å². The molecule has 3 aromatic rings. The third-order valence-electron chi connectivity index (χ3n) is 7.35. The van der Waals surface area contributed by atoms with Crippen molar-refractivity contribution in [2.45, 2.75) is 51.1 Å². The summed E-state index contributed by atoms with van der Waals surface area (Å²) in [5.74, 6) is 0.0119. The topological polar surface area (TPSA) is 70.2 Å². The van der Waals surface area contributed by atoms with Gasteiger partial charge in [-0.1, -0.05) is 30.3 Å². The second-order valence-electron chi connectivity index (χ2n) is 10.8. The molecule has 1 heterocycles. The van der Waals surface area contributed by atoms with Crippen molar-refractivity contribution in [3.05, 3.63) is 95.6 Å². The molecule has 41 heavy (non-hydrogen) atoms. The van der Waals surface area contributed by atoms with Crippen molar-refractivity contribution in [3.8, 4) is 0 Å². The Morgan fingerprint density at radius 1 is 0.927 bits per heavy atom. The Morgan fingerprint density at radius 2 is 1.71 bits per heavy atom. The van der Waals surface area contributed by atoms with Gasteiger partial charge in [-0.3, -0.25) is 4.79 Å². The number of carbonyl (C=O) groups excluding carboxylic acids is 1. The van der Waals surface area contributed by atoms with Gasteiger partial charge in [0.25, 0.3) is 0 Å². The van der Waals surface area contributed by atoms with Crippen LogP contribution in [0.25, 0.3) is 6.08 Å². The molecular formula is C33H38F3N4O+. The molecule has 0 atom stereocenters. The van der Waals surface area contributed by atoms with Crippen LogP contribution in [-0.4, -0.2) is 35.8 Å². The van der Waals surface area contributed by atoms with E-state index in [4.69, 9.17) is 5.73 Å². The van der Waals surface area contributed by atoms with E-state index < -0.39 is 11.7 Å². The lowest BCUT2D eigenvalue weighted by Crippen LogP contribution is -2.28. The van der Waals surface area contributed by atoms with Crippen LogP contribution in [0.5, 0.6) is 0 Å². The monoisotopic (exact) mass is 563 g/mol. The summed E-state index contributed by atoms with van der Waals surface area (Å²) in [5.41, 5.74) is 10.1. The van der Waals surface area contributed by atoms with Gasteiger partial charge in [0, 0.05) is 55.0 Å². The lowest BCUT2D eigenvalue weighted by atomic mass is 9.81. The molecule has 0 aromatic heterocycles. The maximum Gasteiger partial charge on any atom is 0.416 e. The zero-order chi connectivity index (χ0) is 29.5. The largest absolute Gasteiger partial charge is 0.416 e. The summed E-state index contributed by atoms with van der Waals surface area (Å²) in [5, 5.41) is 6.27. The highest BCUT2D eigenvalue weighted by Gasteiger charge is 2.44. The molecule has 0 aliphatic carbocycles. The Hall–Kier alpha value is -3.91. The second-order valence-corrected chi connectivity index (χ2v) is 10.8. The SMILES string of the molecule is CC1(C)C(/C=C/c2cccc(C(F)(F)F)c2)=[N+](CCCCCC(=O)NCCN)c2ccc(Nc3ccccc3)cc21. The summed E-state index contributed by atoms with van der Waals surface area (Å²) >= 11 is 0. The standard InChI is InChI=1S/C33H37F3N4O/c1-32(2)28-23-27(39-26-12-5-3-6-13-26)16-17-29(28)40(21-8-4-7-14-31(41)38-20-19-37)30(32)18-15-24-10-9-11-25(22-24)33(34,35)36/h3,5-6,9-13,15-18,22-23,39H,4,7-8,14,19-21,37H2,1-2H3/p+1/b18-15+. The smallest absolute Gasteiger partial charge is 0.356 e. The van der Waals surface area contributed by atoms with Crippen LogP contribution in [0.15, 0.2) is 78.9 Å². The van der Waals surface area contributed by atoms with Crippen LogP contribution in [0.1, 0.15) is 56.2 Å². The van der Waals surface area contributed by atoms with Gasteiger partial charge in [0.1, 0.15) is 6.54 Å². The van der Waals surface area contributed by atoms with E-state index in [9.17, 15) is 18.0 Å². The minimum absolute atomic E-state index is 0.0119. The van der Waals surface area contributed by atoms with Gasteiger partial charge in [-0.25, -0.2) is 0 Å². The second kappa shape index (κ2) is 13.2. The zero-order valence-electron chi connectivity index (χ0n) is 23.6. The van der Waals surface area contributed by atoms with Crippen LogP contribution in [0.4, 0.5) is 30.2 Å². The molecule has 8 heteroatoms. The molecule has 0 saturated heterocycles. The first-order valence-corrected chi connectivity index (χ1v) is 14.0. The molecule has 1 amide bonds. The highest BCUT2D eigenvalue weighted by molar-refractivity contribution is 6.05. The number of allylic oxidation sites excluding steroid dienone is 1. The minimum Gasteiger partial charge on any atom is -0.356 e. The van der Waals surface area contributed by atoms with Gasteiger partial charge in [0.05, 0.1) is 11.0 Å². The first kappa shape index (κ1) is 30.1. The Kier molecular flexibility index (Phi) is 9.65. The van der Waals surface area contributed by atoms with Crippen LogP contribution >= 0.6 is 0 Å². The fourth-order valence-corrected chi connectivity index (χ4v) is 5.21. The number of unbranched alkanes of at least 4 members (excludes halogenated alkanes) is 2. The van der Waals surface area contributed by atoms with Crippen molar-refractivity contribution in [2.75, 3.05) is 25.0 Å². The van der Waals surface area contributed by atoms with Crippen molar-refractivity contribution in [1.82, 2.24) is 5.32 Å². The Bertz CT molecular complexity index is 1410. The van der Waals surface area contributed by atoms with E-state index in [1.165, 1.54) is 12.1 Å². The molecule has 3 aromatic carbocycles. The average Bonchev–Trinajstić information content (AvgIpc) is 3.15. The van der Waals surface area contributed by atoms with E-state index in [0.29, 0.717) is 25.1 Å². The number of nitrogens with zero attached hydrogens (tertiary/aromatic N) is 1. The van der Waals surface area contributed by atoms with Gasteiger partial charge in [-0.2, -0.15) is 17.7 Å². The van der Waals surface area contributed by atoms with Gasteiger partial charge in [-0.05, 0) is 74.7 Å². The van der Waals surface area contributed by atoms with Gasteiger partial charge >= 0.3 is 6.18 Å². The molecule has 4 rings (SSSR count). The minimum atomic E-state index is -4.39. The van der Waals surface area contributed by atoms with E-state index in [-0.39, 0.29) is 11.3 Å². The number of alkyl halides is 3. The Balaban J connectivity index is 1.59. The normalized spacial score (nSPS) is 14.4. The third-order valence-corrected chi connectivity index (χ3v) is 7.35. The molecule has 4 N–H and O–H groups in total. The lowest BCUT2D eigenvalue weighted by Gasteiger charge is -2.17. The van der Waals surface area contributed by atoms with Crippen molar-refractivity contribution in [2.24, 2.45) is 5.73 Å². The summed E-state index contributed by atoms with van der Waals surface area (Å²) in [6, 6.07) is 21.6. The average molecular weight is 564 g/mol. The van der Waals surface area contributed by atoms with Gasteiger partial charge in [-0.15, -0.1) is 0 Å². The van der Waals surface area contributed by atoms with E-state index in [2.05, 4.69) is 47.3 Å². The van der Waals surface area contributed by atoms with Crippen LogP contribution in [0, 0.1) is 0 Å². The summed E-state index contributed by atoms with van der Waals surface area (Å²) in [6.07, 6.45) is 2.29. The van der Waals surface area contributed by atoms with Gasteiger partial charge in [0.2, 0.25) is 11.6 Å². The number of halogens is 3. The number of nitrogens with two attached hydrogens (primary N) is 1. The molecule has 0 radical (unpaired) electrons. The molecule has 1 aliphatic heterocycles. The molecule has 1 aliphatic rings. The van der Waals surface area contributed by atoms with E-state index in [1.807, 2.05) is 36.4 Å². The highest BCUT2D eigenvalue weighted by atomic mass is 19.4. The van der Waals surface area contributed by atoms with Crippen molar-refractivity contribution in [1.29, 1.82) is 0 Å². The predicted molar refractivity (Wildman–Crippen MR) is 160 cm³/mol. The van der Waals surface area contributed by atoms with Crippen molar-refractivity contribution >= 4 is 34.8 Å². The van der Waals surface area contributed by atoms with E-state index in [1.54, 1.807) is 12.1 Å². The number of para-hydroxylation sites is 1. The summed E-state index contributed by atoms with van der Waals surface area (Å²) < 4.78 is 42.2. The molecular weight excluding hydrogens is 525 g/mol. The molecule has 0 spiro atoms. The molecule has 5 nitrogen and oxygen atoms in total. The molecule has 0 unspecified atom stereocenters. The number of benzene rings is 3. The van der Waals surface area contributed by atoms with E-state index >= 15 is 0 Å². The highest BCUT2D eigenvalue weighted by Crippen LogP contribution is 2.42. The number of hydrogen-bond donors (Lipinski definition) is 3. The van der Waals surface area contributed by atoms with Crippen LogP contribution in [0.2, 0.25) is 0 Å². The number of amides is 1. The first-order chi connectivity index (χ1) is 19.6. The summed E-state index contributed by atoms with van der Waals surface area (Å²) in [7, 11) is 0. The van der Waals surface area contributed by atoms with Crippen LogP contribution in [0.3, 0.4) is 0 Å². The number of anilines is 2. The summed E-state index contributed by atoms with van der Waals surface area (Å²) in [6.45, 7) is 5.92. The predicted octanol–water partition coefficient (Wildman–Crippen LogP) is 7.17. The fraction of sp³-hybridized carbons (Fsp3) is 0.333. The fourth-order valence-electron chi connectivity index (χ4n) is 5.21. The number of hydrogen-bond acceptors (Lipinski definition) is 3. The van der Waals surface area contributed by atoms with Crippen LogP contribution in [-0.2, 0) is 16.4 Å². The van der Waals surface area contributed by atoms with Crippen molar-refractivity contribution < 1.29 is 22.5 Å². The lowest BCUT2D eigenvalue weighted by molar-refractivity contribution is -0.438. The molecule has 0 bridgehead atoms. The Labute approximate surface area is 240 Å². The van der Waals surface area contributed by atoms with Gasteiger partial charge in [0.15, 0.2) is 5.71 Å². The maximum atomic E-state index is 13.3. The summed E-state index contributed by atoms with van der Waals surface area (Å²) in [4.78, 5) is 11.9. The van der Waals surface area contributed by atoms with Gasteiger partial charge < -0.3 is 16.4 Å². The quantitative estimate of drug-likeness (QED) is 0.162. The van der Waals surface area contributed by atoms with Crippen molar-refractivity contribution in [3.63, 3.8) is 0 Å². The Morgan fingerprint density at radius 3 is 2.44 bits per heavy atom. The molecule has 0 fully saturated rings. The maximum absolute atomic E-state index is 13.3. The number of rotatable bonds is 12. The number of carbonyl (C=O) groups is 1. The molecule has 0 saturated carbocycles. The molecule has 216 valence electrons. The zero-order valence-corrected chi connectivity index (χ0v) is 23.6.